The normalized spacial score (nSPS) is 13.2. The molecule has 1 aromatic carbocycles. The molecule has 1 unspecified atom stereocenters. The summed E-state index contributed by atoms with van der Waals surface area (Å²) in [6.45, 7) is 3.73. The lowest BCUT2D eigenvalue weighted by Crippen LogP contribution is -2.45. The molecule has 0 fully saturated rings. The molecule has 1 aromatic rings. The molecule has 0 aromatic heterocycles. The largest absolute Gasteiger partial charge is 0.480 e. The predicted octanol–water partition coefficient (Wildman–Crippen LogP) is 1.68. The molecular formula is C14H20N2O4. The third kappa shape index (κ3) is 5.27. The Hall–Kier alpha value is -2.08. The topological polar surface area (TPSA) is 91.6 Å². The van der Waals surface area contributed by atoms with Gasteiger partial charge in [0.15, 0.2) is 0 Å². The van der Waals surface area contributed by atoms with E-state index in [1.807, 2.05) is 30.3 Å². The Morgan fingerprint density at radius 2 is 2.00 bits per heavy atom. The monoisotopic (exact) mass is 280 g/mol. The van der Waals surface area contributed by atoms with Crippen LogP contribution in [-0.4, -0.2) is 35.9 Å². The average molecular weight is 280 g/mol. The number of amides is 1. The van der Waals surface area contributed by atoms with Crippen LogP contribution in [0.15, 0.2) is 30.3 Å². The van der Waals surface area contributed by atoms with Crippen LogP contribution in [0.2, 0.25) is 0 Å². The zero-order valence-electron chi connectivity index (χ0n) is 11.6. The number of carbonyl (C=O) groups is 1. The molecule has 0 saturated heterocycles. The Balaban J connectivity index is 2.36. The van der Waals surface area contributed by atoms with Crippen LogP contribution < -0.4 is 5.32 Å². The number of benzene rings is 1. The van der Waals surface area contributed by atoms with Gasteiger partial charge in [0.25, 0.3) is 0 Å². The zero-order chi connectivity index (χ0) is 15.0. The number of hydrogen-bond donors (Lipinski definition) is 3. The van der Waals surface area contributed by atoms with Gasteiger partial charge < -0.3 is 19.9 Å². The summed E-state index contributed by atoms with van der Waals surface area (Å²) in [5, 5.41) is 19.6. The van der Waals surface area contributed by atoms with Gasteiger partial charge in [0.2, 0.25) is 5.90 Å². The van der Waals surface area contributed by atoms with Crippen molar-refractivity contribution in [1.29, 1.82) is 5.41 Å². The standard InChI is InChI=1S/C14H20N2O4/c1-3-19-13(15)12(17)10(2)16-14(18)20-9-11-7-5-4-6-8-11/h4-8,10,12,15,17H,3,9H2,1-2H3,(H,16,18)/t10-,12?/m0/s1. The van der Waals surface area contributed by atoms with Crippen molar-refractivity contribution in [3.63, 3.8) is 0 Å². The van der Waals surface area contributed by atoms with Crippen LogP contribution in [0.1, 0.15) is 19.4 Å². The van der Waals surface area contributed by atoms with E-state index in [0.29, 0.717) is 6.61 Å². The van der Waals surface area contributed by atoms with Crippen molar-refractivity contribution < 1.29 is 19.4 Å². The Bertz CT molecular complexity index is 436. The van der Waals surface area contributed by atoms with Gasteiger partial charge >= 0.3 is 6.09 Å². The zero-order valence-corrected chi connectivity index (χ0v) is 11.6. The molecule has 0 aliphatic rings. The third-order valence-electron chi connectivity index (χ3n) is 2.60. The van der Waals surface area contributed by atoms with E-state index in [2.05, 4.69) is 5.32 Å². The van der Waals surface area contributed by atoms with Crippen LogP contribution in [0.5, 0.6) is 0 Å². The summed E-state index contributed by atoms with van der Waals surface area (Å²) < 4.78 is 9.89. The molecule has 6 nitrogen and oxygen atoms in total. The van der Waals surface area contributed by atoms with Crippen molar-refractivity contribution >= 4 is 12.0 Å². The summed E-state index contributed by atoms with van der Waals surface area (Å²) in [6.07, 6.45) is -1.84. The number of nitrogens with one attached hydrogen (secondary N) is 2. The van der Waals surface area contributed by atoms with E-state index in [4.69, 9.17) is 14.9 Å². The van der Waals surface area contributed by atoms with Crippen LogP contribution in [-0.2, 0) is 16.1 Å². The van der Waals surface area contributed by atoms with E-state index in [-0.39, 0.29) is 12.5 Å². The van der Waals surface area contributed by atoms with E-state index in [1.165, 1.54) is 0 Å². The van der Waals surface area contributed by atoms with Gasteiger partial charge in [-0.15, -0.1) is 0 Å². The fourth-order valence-electron chi connectivity index (χ4n) is 1.50. The van der Waals surface area contributed by atoms with E-state index in [1.54, 1.807) is 13.8 Å². The van der Waals surface area contributed by atoms with Crippen molar-refractivity contribution in [2.24, 2.45) is 0 Å². The number of ether oxygens (including phenoxy) is 2. The van der Waals surface area contributed by atoms with Crippen molar-refractivity contribution in [2.75, 3.05) is 6.61 Å². The second kappa shape index (κ2) is 8.16. The SMILES string of the molecule is CCOC(=N)C(O)[C@H](C)NC(=O)OCc1ccccc1. The highest BCUT2D eigenvalue weighted by molar-refractivity contribution is 5.79. The smallest absolute Gasteiger partial charge is 0.407 e. The number of rotatable bonds is 6. The predicted molar refractivity (Wildman–Crippen MR) is 74.6 cm³/mol. The van der Waals surface area contributed by atoms with Gasteiger partial charge in [0.05, 0.1) is 12.6 Å². The average Bonchev–Trinajstić information content (AvgIpc) is 2.45. The Morgan fingerprint density at radius 3 is 2.60 bits per heavy atom. The summed E-state index contributed by atoms with van der Waals surface area (Å²) in [6, 6.07) is 8.60. The molecule has 1 amide bonds. The molecule has 6 heteroatoms. The number of hydrogen-bond acceptors (Lipinski definition) is 5. The highest BCUT2D eigenvalue weighted by Crippen LogP contribution is 2.02. The molecule has 0 radical (unpaired) electrons. The molecule has 0 spiro atoms. The van der Waals surface area contributed by atoms with Crippen LogP contribution in [0.3, 0.4) is 0 Å². The second-order valence-corrected chi connectivity index (χ2v) is 4.24. The molecule has 20 heavy (non-hydrogen) atoms. The number of aliphatic hydroxyl groups is 1. The second-order valence-electron chi connectivity index (χ2n) is 4.24. The van der Waals surface area contributed by atoms with E-state index in [0.717, 1.165) is 5.56 Å². The highest BCUT2D eigenvalue weighted by Gasteiger charge is 2.22. The minimum absolute atomic E-state index is 0.151. The first-order chi connectivity index (χ1) is 9.54. The Labute approximate surface area is 118 Å². The van der Waals surface area contributed by atoms with Gasteiger partial charge in [0, 0.05) is 0 Å². The van der Waals surface area contributed by atoms with Gasteiger partial charge in [-0.05, 0) is 19.4 Å². The van der Waals surface area contributed by atoms with Crippen molar-refractivity contribution in [3.05, 3.63) is 35.9 Å². The lowest BCUT2D eigenvalue weighted by atomic mass is 10.2. The molecule has 2 atom stereocenters. The molecule has 0 saturated carbocycles. The summed E-state index contributed by atoms with van der Waals surface area (Å²) in [7, 11) is 0. The van der Waals surface area contributed by atoms with Crippen LogP contribution in [0, 0.1) is 5.41 Å². The minimum atomic E-state index is -1.20. The molecule has 0 aliphatic heterocycles. The molecular weight excluding hydrogens is 260 g/mol. The molecule has 0 heterocycles. The Morgan fingerprint density at radius 1 is 1.35 bits per heavy atom. The van der Waals surface area contributed by atoms with E-state index in [9.17, 15) is 9.90 Å². The fraction of sp³-hybridized carbons (Fsp3) is 0.429. The van der Waals surface area contributed by atoms with Crippen molar-refractivity contribution in [3.8, 4) is 0 Å². The molecule has 1 rings (SSSR count). The minimum Gasteiger partial charge on any atom is -0.480 e. The maximum atomic E-state index is 11.6. The van der Waals surface area contributed by atoms with E-state index < -0.39 is 18.2 Å². The Kier molecular flexibility index (Phi) is 6.52. The van der Waals surface area contributed by atoms with E-state index >= 15 is 0 Å². The lowest BCUT2D eigenvalue weighted by molar-refractivity contribution is 0.117. The number of alkyl carbamates (subject to hydrolysis) is 1. The molecule has 110 valence electrons. The van der Waals surface area contributed by atoms with Gasteiger partial charge in [-0.1, -0.05) is 30.3 Å². The van der Waals surface area contributed by atoms with Crippen LogP contribution in [0.4, 0.5) is 4.79 Å². The summed E-state index contributed by atoms with van der Waals surface area (Å²) >= 11 is 0. The first kappa shape index (κ1) is 16.0. The fourth-order valence-corrected chi connectivity index (χ4v) is 1.50. The quantitative estimate of drug-likeness (QED) is 0.546. The van der Waals surface area contributed by atoms with Crippen LogP contribution >= 0.6 is 0 Å². The molecule has 0 bridgehead atoms. The maximum Gasteiger partial charge on any atom is 0.407 e. The summed E-state index contributed by atoms with van der Waals surface area (Å²) in [4.78, 5) is 11.6. The molecule has 0 aliphatic carbocycles. The van der Waals surface area contributed by atoms with Gasteiger partial charge in [-0.25, -0.2) is 4.79 Å². The third-order valence-corrected chi connectivity index (χ3v) is 2.60. The lowest BCUT2D eigenvalue weighted by Gasteiger charge is -2.20. The summed E-state index contributed by atoms with van der Waals surface area (Å²) in [5.41, 5.74) is 0.873. The summed E-state index contributed by atoms with van der Waals surface area (Å²) in [5.74, 6) is -0.275. The first-order valence-corrected chi connectivity index (χ1v) is 6.41. The van der Waals surface area contributed by atoms with Crippen molar-refractivity contribution in [1.82, 2.24) is 5.32 Å². The molecule has 3 N–H and O–H groups in total. The maximum absolute atomic E-state index is 11.6. The van der Waals surface area contributed by atoms with Gasteiger partial charge in [0.1, 0.15) is 12.7 Å². The van der Waals surface area contributed by atoms with Crippen molar-refractivity contribution in [2.45, 2.75) is 32.6 Å². The number of aliphatic hydroxyl groups excluding tert-OH is 1. The van der Waals surface area contributed by atoms with Gasteiger partial charge in [-0.3, -0.25) is 5.41 Å². The van der Waals surface area contributed by atoms with Gasteiger partial charge in [-0.2, -0.15) is 0 Å². The number of carbonyl (C=O) groups excluding carboxylic acids is 1. The first-order valence-electron chi connectivity index (χ1n) is 6.41. The highest BCUT2D eigenvalue weighted by atomic mass is 16.5. The van der Waals surface area contributed by atoms with Crippen LogP contribution in [0.25, 0.3) is 0 Å².